The summed E-state index contributed by atoms with van der Waals surface area (Å²) >= 11 is 0. The lowest BCUT2D eigenvalue weighted by Crippen LogP contribution is -2.16. The van der Waals surface area contributed by atoms with Gasteiger partial charge in [0.05, 0.1) is 23.0 Å². The van der Waals surface area contributed by atoms with Crippen LogP contribution in [0, 0.1) is 6.92 Å². The number of aryl methyl sites for hydroxylation is 1. The molecule has 2 heterocycles. The van der Waals surface area contributed by atoms with Crippen LogP contribution >= 0.6 is 0 Å². The first kappa shape index (κ1) is 12.8. The Morgan fingerprint density at radius 1 is 1.09 bits per heavy atom. The van der Waals surface area contributed by atoms with Crippen molar-refractivity contribution in [1.82, 2.24) is 15.0 Å². The second-order valence-electron chi connectivity index (χ2n) is 5.20. The number of fused-ring (bicyclic) bond motifs is 2. The molecule has 0 spiro atoms. The summed E-state index contributed by atoms with van der Waals surface area (Å²) in [5.74, 6) is 0.614. The normalized spacial score (nSPS) is 11.3. The summed E-state index contributed by atoms with van der Waals surface area (Å²) < 4.78 is 7.50. The molecular formula is C17H13N3O2. The van der Waals surface area contributed by atoms with Crippen molar-refractivity contribution in [3.63, 3.8) is 0 Å². The van der Waals surface area contributed by atoms with Gasteiger partial charge in [0, 0.05) is 0 Å². The largest absolute Gasteiger partial charge is 0.461 e. The van der Waals surface area contributed by atoms with Crippen molar-refractivity contribution in [3.05, 3.63) is 70.1 Å². The topological polar surface area (TPSA) is 60.9 Å². The van der Waals surface area contributed by atoms with Crippen molar-refractivity contribution in [3.8, 4) is 0 Å². The van der Waals surface area contributed by atoms with E-state index in [0.29, 0.717) is 28.8 Å². The molecule has 0 unspecified atom stereocenters. The monoisotopic (exact) mass is 291 g/mol. The molecule has 5 nitrogen and oxygen atoms in total. The van der Waals surface area contributed by atoms with E-state index in [1.54, 1.807) is 16.8 Å². The van der Waals surface area contributed by atoms with E-state index in [1.807, 2.05) is 43.3 Å². The van der Waals surface area contributed by atoms with Gasteiger partial charge in [0.1, 0.15) is 16.9 Å². The maximum absolute atomic E-state index is 12.7. The Balaban J connectivity index is 1.90. The zero-order valence-electron chi connectivity index (χ0n) is 12.0. The molecule has 0 aliphatic heterocycles. The van der Waals surface area contributed by atoms with Crippen LogP contribution in [0.2, 0.25) is 0 Å². The molecule has 0 bridgehead atoms. The van der Waals surface area contributed by atoms with Crippen molar-refractivity contribution in [2.45, 2.75) is 13.5 Å². The molecule has 0 amide bonds. The quantitative estimate of drug-likeness (QED) is 0.569. The van der Waals surface area contributed by atoms with Crippen LogP contribution in [0.3, 0.4) is 0 Å². The van der Waals surface area contributed by atoms with Crippen molar-refractivity contribution < 1.29 is 4.42 Å². The maximum atomic E-state index is 12.7. The van der Waals surface area contributed by atoms with E-state index in [2.05, 4.69) is 10.3 Å². The fourth-order valence-corrected chi connectivity index (χ4v) is 2.66. The van der Waals surface area contributed by atoms with Crippen LogP contribution in [0.25, 0.3) is 22.0 Å². The Labute approximate surface area is 125 Å². The van der Waals surface area contributed by atoms with Crippen LogP contribution < -0.4 is 5.43 Å². The van der Waals surface area contributed by atoms with E-state index in [9.17, 15) is 4.79 Å². The number of benzene rings is 2. The summed E-state index contributed by atoms with van der Waals surface area (Å²) in [6.07, 6.45) is 0. The first-order valence-corrected chi connectivity index (χ1v) is 7.03. The zero-order valence-corrected chi connectivity index (χ0v) is 12.0. The van der Waals surface area contributed by atoms with Crippen molar-refractivity contribution >= 4 is 22.0 Å². The third-order valence-corrected chi connectivity index (χ3v) is 3.82. The minimum atomic E-state index is -0.0149. The van der Waals surface area contributed by atoms with Gasteiger partial charge in [-0.05, 0) is 31.2 Å². The number of nitrogens with zero attached hydrogens (tertiary/aromatic N) is 3. The second kappa shape index (κ2) is 4.80. The Hall–Kier alpha value is -2.95. The molecule has 0 radical (unpaired) electrons. The lowest BCUT2D eigenvalue weighted by Gasteiger charge is -2.07. The SMILES string of the molecule is Cc1oc2ccccc2c(=O)c1Cn1nnc2ccccc21. The molecule has 0 aliphatic carbocycles. The van der Waals surface area contributed by atoms with E-state index >= 15 is 0 Å². The van der Waals surface area contributed by atoms with Crippen molar-refractivity contribution in [1.29, 1.82) is 0 Å². The summed E-state index contributed by atoms with van der Waals surface area (Å²) in [7, 11) is 0. The van der Waals surface area contributed by atoms with E-state index in [-0.39, 0.29) is 5.43 Å². The smallest absolute Gasteiger partial charge is 0.198 e. The van der Waals surface area contributed by atoms with E-state index in [0.717, 1.165) is 11.0 Å². The van der Waals surface area contributed by atoms with Gasteiger partial charge in [-0.25, -0.2) is 4.68 Å². The fraction of sp³-hybridized carbons (Fsp3) is 0.118. The van der Waals surface area contributed by atoms with Crippen LogP contribution in [0.4, 0.5) is 0 Å². The zero-order chi connectivity index (χ0) is 15.1. The minimum absolute atomic E-state index is 0.0149. The van der Waals surface area contributed by atoms with Crippen LogP contribution in [0.15, 0.2) is 57.7 Å². The summed E-state index contributed by atoms with van der Waals surface area (Å²) in [6, 6.07) is 15.0. The fourth-order valence-electron chi connectivity index (χ4n) is 2.66. The lowest BCUT2D eigenvalue weighted by molar-refractivity contribution is 0.542. The predicted octanol–water partition coefficient (Wildman–Crippen LogP) is 2.89. The average molecular weight is 291 g/mol. The van der Waals surface area contributed by atoms with Gasteiger partial charge in [0.15, 0.2) is 5.43 Å². The highest BCUT2D eigenvalue weighted by Crippen LogP contribution is 2.17. The number of rotatable bonds is 2. The van der Waals surface area contributed by atoms with E-state index in [1.165, 1.54) is 0 Å². The minimum Gasteiger partial charge on any atom is -0.461 e. The number of hydrogen-bond donors (Lipinski definition) is 0. The summed E-state index contributed by atoms with van der Waals surface area (Å²) in [5, 5.41) is 8.85. The van der Waals surface area contributed by atoms with Crippen LogP contribution in [-0.4, -0.2) is 15.0 Å². The van der Waals surface area contributed by atoms with E-state index in [4.69, 9.17) is 4.42 Å². The molecule has 0 N–H and O–H groups in total. The molecule has 2 aromatic heterocycles. The highest BCUT2D eigenvalue weighted by Gasteiger charge is 2.13. The maximum Gasteiger partial charge on any atom is 0.198 e. The predicted molar refractivity (Wildman–Crippen MR) is 83.9 cm³/mol. The molecule has 5 heteroatoms. The van der Waals surface area contributed by atoms with Crippen LogP contribution in [-0.2, 0) is 6.54 Å². The van der Waals surface area contributed by atoms with Gasteiger partial charge in [-0.1, -0.05) is 29.5 Å². The summed E-state index contributed by atoms with van der Waals surface area (Å²) in [5.41, 5.74) is 2.91. The summed E-state index contributed by atoms with van der Waals surface area (Å²) in [6.45, 7) is 2.15. The van der Waals surface area contributed by atoms with Gasteiger partial charge in [-0.2, -0.15) is 0 Å². The first-order valence-electron chi connectivity index (χ1n) is 7.03. The second-order valence-corrected chi connectivity index (χ2v) is 5.20. The molecule has 0 atom stereocenters. The molecule has 108 valence electrons. The molecule has 0 saturated carbocycles. The van der Waals surface area contributed by atoms with Crippen molar-refractivity contribution in [2.75, 3.05) is 0 Å². The third kappa shape index (κ3) is 1.90. The van der Waals surface area contributed by atoms with E-state index < -0.39 is 0 Å². The van der Waals surface area contributed by atoms with Gasteiger partial charge < -0.3 is 4.42 Å². The van der Waals surface area contributed by atoms with Gasteiger partial charge in [-0.3, -0.25) is 4.79 Å². The summed E-state index contributed by atoms with van der Waals surface area (Å²) in [4.78, 5) is 12.7. The van der Waals surface area contributed by atoms with Gasteiger partial charge in [0.25, 0.3) is 0 Å². The molecule has 4 rings (SSSR count). The highest BCUT2D eigenvalue weighted by molar-refractivity contribution is 5.77. The molecule has 0 fully saturated rings. The molecule has 22 heavy (non-hydrogen) atoms. The molecular weight excluding hydrogens is 278 g/mol. The Morgan fingerprint density at radius 3 is 2.77 bits per heavy atom. The van der Waals surface area contributed by atoms with Crippen LogP contribution in [0.5, 0.6) is 0 Å². The lowest BCUT2D eigenvalue weighted by atomic mass is 10.1. The molecule has 2 aromatic carbocycles. The number of aromatic nitrogens is 3. The Morgan fingerprint density at radius 2 is 1.86 bits per heavy atom. The van der Waals surface area contributed by atoms with Gasteiger partial charge >= 0.3 is 0 Å². The molecule has 4 aromatic rings. The van der Waals surface area contributed by atoms with Crippen LogP contribution in [0.1, 0.15) is 11.3 Å². The average Bonchev–Trinajstić information content (AvgIpc) is 2.95. The molecule has 0 aliphatic rings. The van der Waals surface area contributed by atoms with Crippen molar-refractivity contribution in [2.24, 2.45) is 0 Å². The molecule has 0 saturated heterocycles. The van der Waals surface area contributed by atoms with Gasteiger partial charge in [0.2, 0.25) is 0 Å². The Kier molecular flexibility index (Phi) is 2.79. The highest BCUT2D eigenvalue weighted by atomic mass is 16.3. The number of hydrogen-bond acceptors (Lipinski definition) is 4. The first-order chi connectivity index (χ1) is 10.7. The number of para-hydroxylation sites is 2. The third-order valence-electron chi connectivity index (χ3n) is 3.82. The van der Waals surface area contributed by atoms with Gasteiger partial charge in [-0.15, -0.1) is 5.10 Å². The Bertz CT molecular complexity index is 1050. The standard InChI is InChI=1S/C17H13N3O2/c1-11-13(17(21)12-6-2-5-9-16(12)22-11)10-20-15-8-4-3-7-14(15)18-19-20/h2-9H,10H2,1H3.